The number of hydrogen-bond acceptors (Lipinski definition) is 6. The van der Waals surface area contributed by atoms with Crippen LogP contribution in [0.1, 0.15) is 36.7 Å². The lowest BCUT2D eigenvalue weighted by atomic mass is 9.85. The van der Waals surface area contributed by atoms with E-state index in [1.807, 2.05) is 36.2 Å². The van der Waals surface area contributed by atoms with Crippen LogP contribution in [0.3, 0.4) is 0 Å². The molecule has 1 saturated carbocycles. The van der Waals surface area contributed by atoms with E-state index in [9.17, 15) is 9.59 Å². The van der Waals surface area contributed by atoms with Crippen molar-refractivity contribution < 1.29 is 4.79 Å². The summed E-state index contributed by atoms with van der Waals surface area (Å²) in [5.41, 5.74) is 1.36. The Morgan fingerprint density at radius 1 is 1.33 bits per heavy atom. The fourth-order valence-corrected chi connectivity index (χ4v) is 3.97. The summed E-state index contributed by atoms with van der Waals surface area (Å²) >= 11 is 1.55. The topological polar surface area (TPSA) is 91.0 Å². The number of carbonyl (C=O) groups is 1. The van der Waals surface area contributed by atoms with Gasteiger partial charge >= 0.3 is 0 Å². The summed E-state index contributed by atoms with van der Waals surface area (Å²) < 4.78 is 1.09. The molecule has 8 heteroatoms. The minimum atomic E-state index is -0.164. The van der Waals surface area contributed by atoms with Crippen molar-refractivity contribution in [2.24, 2.45) is 0 Å². The highest BCUT2D eigenvalue weighted by Gasteiger charge is 2.22. The van der Waals surface area contributed by atoms with E-state index in [1.165, 1.54) is 12.5 Å². The Kier molecular flexibility index (Phi) is 4.89. The van der Waals surface area contributed by atoms with Crippen molar-refractivity contribution in [3.63, 3.8) is 0 Å². The summed E-state index contributed by atoms with van der Waals surface area (Å²) in [5, 5.41) is 3.64. The van der Waals surface area contributed by atoms with Crippen LogP contribution in [0, 0.1) is 0 Å². The van der Waals surface area contributed by atoms with E-state index >= 15 is 0 Å². The zero-order valence-corrected chi connectivity index (χ0v) is 15.9. The number of aromatic nitrogens is 3. The molecule has 2 heterocycles. The second-order valence-corrected chi connectivity index (χ2v) is 7.86. The van der Waals surface area contributed by atoms with E-state index in [-0.39, 0.29) is 24.6 Å². The maximum absolute atomic E-state index is 12.3. The monoisotopic (exact) mass is 383 g/mol. The van der Waals surface area contributed by atoms with Gasteiger partial charge in [-0.25, -0.2) is 9.97 Å². The largest absolute Gasteiger partial charge is 0.349 e. The zero-order valence-electron chi connectivity index (χ0n) is 15.1. The third kappa shape index (κ3) is 4.00. The van der Waals surface area contributed by atoms with Crippen LogP contribution in [-0.4, -0.2) is 34.5 Å². The number of anilines is 1. The molecular formula is C19H21N5O2S. The Hall–Kier alpha value is -2.74. The smallest absolute Gasteiger partial charge is 0.251 e. The second-order valence-electron chi connectivity index (χ2n) is 6.85. The Bertz CT molecular complexity index is 991. The van der Waals surface area contributed by atoms with Crippen LogP contribution in [0.5, 0.6) is 0 Å². The molecule has 0 radical (unpaired) electrons. The van der Waals surface area contributed by atoms with Crippen molar-refractivity contribution in [2.45, 2.75) is 31.7 Å². The van der Waals surface area contributed by atoms with Crippen LogP contribution >= 0.6 is 11.3 Å². The SMILES string of the molecule is CN(CC(=O)NCc1cc(=O)[nH]c(C2CCC2)n1)c1nc2ccccc2s1. The number of aromatic amines is 1. The molecule has 1 amide bonds. The molecule has 0 spiro atoms. The van der Waals surface area contributed by atoms with Gasteiger partial charge in [0.05, 0.1) is 29.0 Å². The number of nitrogens with zero attached hydrogens (tertiary/aromatic N) is 3. The maximum Gasteiger partial charge on any atom is 0.251 e. The van der Waals surface area contributed by atoms with Crippen molar-refractivity contribution in [2.75, 3.05) is 18.5 Å². The number of hydrogen-bond donors (Lipinski definition) is 2. The molecule has 2 aromatic heterocycles. The second kappa shape index (κ2) is 7.48. The summed E-state index contributed by atoms with van der Waals surface area (Å²) in [7, 11) is 1.84. The third-order valence-electron chi connectivity index (χ3n) is 4.76. The van der Waals surface area contributed by atoms with Crippen molar-refractivity contribution in [3.05, 3.63) is 52.2 Å². The molecule has 0 bridgehead atoms. The number of H-pyrrole nitrogens is 1. The number of fused-ring (bicyclic) bond motifs is 1. The number of thiazole rings is 1. The fourth-order valence-electron chi connectivity index (χ4n) is 3.05. The van der Waals surface area contributed by atoms with Crippen molar-refractivity contribution in [3.8, 4) is 0 Å². The molecular weight excluding hydrogens is 362 g/mol. The molecule has 0 saturated heterocycles. The van der Waals surface area contributed by atoms with E-state index in [1.54, 1.807) is 11.3 Å². The molecule has 0 atom stereocenters. The van der Waals surface area contributed by atoms with Gasteiger partial charge in [-0.3, -0.25) is 9.59 Å². The van der Waals surface area contributed by atoms with Gasteiger partial charge in [0.15, 0.2) is 5.13 Å². The maximum atomic E-state index is 12.3. The van der Waals surface area contributed by atoms with Gasteiger partial charge in [-0.1, -0.05) is 29.9 Å². The molecule has 1 fully saturated rings. The number of rotatable bonds is 6. The average molecular weight is 383 g/mol. The van der Waals surface area contributed by atoms with Crippen LogP contribution < -0.4 is 15.8 Å². The van der Waals surface area contributed by atoms with Gasteiger partial charge in [0.1, 0.15) is 5.82 Å². The lowest BCUT2D eigenvalue weighted by Crippen LogP contribution is -2.35. The summed E-state index contributed by atoms with van der Waals surface area (Å²) in [6.45, 7) is 0.439. The highest BCUT2D eigenvalue weighted by Crippen LogP contribution is 2.33. The molecule has 7 nitrogen and oxygen atoms in total. The Labute approximate surface area is 160 Å². The van der Waals surface area contributed by atoms with E-state index in [2.05, 4.69) is 20.3 Å². The molecule has 27 heavy (non-hydrogen) atoms. The number of para-hydroxylation sites is 1. The van der Waals surface area contributed by atoms with E-state index in [4.69, 9.17) is 0 Å². The highest BCUT2D eigenvalue weighted by molar-refractivity contribution is 7.22. The van der Waals surface area contributed by atoms with E-state index in [0.29, 0.717) is 11.6 Å². The molecule has 2 N–H and O–H groups in total. The lowest BCUT2D eigenvalue weighted by molar-refractivity contribution is -0.119. The third-order valence-corrected chi connectivity index (χ3v) is 5.91. The number of likely N-dealkylation sites (N-methyl/N-ethyl adjacent to an activating group) is 1. The van der Waals surface area contributed by atoms with Crippen molar-refractivity contribution >= 4 is 32.6 Å². The van der Waals surface area contributed by atoms with Gasteiger partial charge in [-0.2, -0.15) is 0 Å². The Morgan fingerprint density at radius 2 is 2.15 bits per heavy atom. The van der Waals surface area contributed by atoms with Gasteiger partial charge < -0.3 is 15.2 Å². The summed E-state index contributed by atoms with van der Waals surface area (Å²) in [6.07, 6.45) is 3.30. The standard InChI is InChI=1S/C19H21N5O2S/c1-24(19-22-14-7-2-3-8-15(14)27-19)11-17(26)20-10-13-9-16(25)23-18(21-13)12-5-4-6-12/h2-3,7-9,12H,4-6,10-11H2,1H3,(H,20,26)(H,21,23,25). The van der Waals surface area contributed by atoms with Gasteiger partial charge in [0, 0.05) is 19.0 Å². The molecule has 0 aliphatic heterocycles. The highest BCUT2D eigenvalue weighted by atomic mass is 32.1. The number of amides is 1. The van der Waals surface area contributed by atoms with Gasteiger partial charge in [0.2, 0.25) is 5.91 Å². The first kappa shape index (κ1) is 17.7. The first-order valence-electron chi connectivity index (χ1n) is 9.02. The first-order chi connectivity index (χ1) is 13.1. The van der Waals surface area contributed by atoms with E-state index < -0.39 is 0 Å². The number of benzene rings is 1. The molecule has 4 rings (SSSR count). The molecule has 3 aromatic rings. The van der Waals surface area contributed by atoms with E-state index in [0.717, 1.165) is 34.0 Å². The van der Waals surface area contributed by atoms with Crippen LogP contribution in [0.4, 0.5) is 5.13 Å². The minimum Gasteiger partial charge on any atom is -0.349 e. The molecule has 140 valence electrons. The van der Waals surface area contributed by atoms with Crippen LogP contribution in [0.2, 0.25) is 0 Å². The lowest BCUT2D eigenvalue weighted by Gasteiger charge is -2.24. The van der Waals surface area contributed by atoms with Crippen molar-refractivity contribution in [1.29, 1.82) is 0 Å². The van der Waals surface area contributed by atoms with Crippen LogP contribution in [0.25, 0.3) is 10.2 Å². The zero-order chi connectivity index (χ0) is 18.8. The number of nitrogens with one attached hydrogen (secondary N) is 2. The van der Waals surface area contributed by atoms with Gasteiger partial charge in [-0.05, 0) is 25.0 Å². The molecule has 1 aromatic carbocycles. The van der Waals surface area contributed by atoms with Gasteiger partial charge in [0.25, 0.3) is 5.56 Å². The summed E-state index contributed by atoms with van der Waals surface area (Å²) in [4.78, 5) is 37.8. The Morgan fingerprint density at radius 3 is 2.89 bits per heavy atom. The quantitative estimate of drug-likeness (QED) is 0.682. The summed E-state index contributed by atoms with van der Waals surface area (Å²) in [5.74, 6) is 0.951. The predicted octanol–water partition coefficient (Wildman–Crippen LogP) is 2.40. The van der Waals surface area contributed by atoms with Gasteiger partial charge in [-0.15, -0.1) is 0 Å². The molecule has 0 unspecified atom stereocenters. The number of carbonyl (C=O) groups excluding carboxylic acids is 1. The molecule has 1 aliphatic rings. The average Bonchev–Trinajstić information content (AvgIpc) is 3.02. The minimum absolute atomic E-state index is 0.135. The Balaban J connectivity index is 1.36. The van der Waals surface area contributed by atoms with Crippen LogP contribution in [0.15, 0.2) is 35.1 Å². The first-order valence-corrected chi connectivity index (χ1v) is 9.84. The van der Waals surface area contributed by atoms with Crippen LogP contribution in [-0.2, 0) is 11.3 Å². The molecule has 1 aliphatic carbocycles. The predicted molar refractivity (Wildman–Crippen MR) is 106 cm³/mol. The van der Waals surface area contributed by atoms with Crippen molar-refractivity contribution in [1.82, 2.24) is 20.3 Å². The summed E-state index contributed by atoms with van der Waals surface area (Å²) in [6, 6.07) is 9.35. The fraction of sp³-hybridized carbons (Fsp3) is 0.368. The normalized spacial score (nSPS) is 14.1.